The van der Waals surface area contributed by atoms with Crippen LogP contribution in [0.15, 0.2) is 59.2 Å². The fraction of sp³-hybridized carbons (Fsp3) is 0.375. The molecule has 1 fully saturated rings. The zero-order valence-corrected chi connectivity index (χ0v) is 17.5. The number of nitrogens with zero attached hydrogens (tertiary/aromatic N) is 2. The first-order valence-electron chi connectivity index (χ1n) is 10.6. The van der Waals surface area contributed by atoms with E-state index in [1.807, 2.05) is 43.3 Å². The third-order valence-corrected chi connectivity index (χ3v) is 5.64. The van der Waals surface area contributed by atoms with Crippen molar-refractivity contribution in [1.29, 1.82) is 0 Å². The molecule has 0 atom stereocenters. The Hall–Kier alpha value is -2.83. The summed E-state index contributed by atoms with van der Waals surface area (Å²) >= 11 is 0. The normalized spacial score (nSPS) is 14.7. The predicted octanol–water partition coefficient (Wildman–Crippen LogP) is 3.71. The van der Waals surface area contributed by atoms with Crippen LogP contribution < -0.4 is 5.32 Å². The van der Waals surface area contributed by atoms with Crippen LogP contribution in [-0.4, -0.2) is 48.2 Å². The number of hydrogen-bond donors (Lipinski definition) is 1. The van der Waals surface area contributed by atoms with Gasteiger partial charge in [0.25, 0.3) is 5.91 Å². The summed E-state index contributed by atoms with van der Waals surface area (Å²) in [6.07, 6.45) is 2.65. The first-order valence-corrected chi connectivity index (χ1v) is 10.6. The van der Waals surface area contributed by atoms with E-state index in [0.717, 1.165) is 68.5 Å². The number of benzene rings is 1. The maximum Gasteiger partial charge on any atom is 0.253 e. The Bertz CT molecular complexity index is 942. The molecule has 1 saturated heterocycles. The van der Waals surface area contributed by atoms with Crippen LogP contribution >= 0.6 is 0 Å². The van der Waals surface area contributed by atoms with E-state index in [9.17, 15) is 4.79 Å². The average Bonchev–Trinajstić information content (AvgIpc) is 3.42. The highest BCUT2D eigenvalue weighted by Crippen LogP contribution is 2.26. The number of ether oxygens (including phenoxy) is 1. The maximum atomic E-state index is 12.9. The van der Waals surface area contributed by atoms with E-state index in [1.54, 1.807) is 6.26 Å². The van der Waals surface area contributed by atoms with Crippen LogP contribution in [0.4, 0.5) is 0 Å². The molecular formula is C24H29N3O3. The molecular weight excluding hydrogens is 378 g/mol. The Morgan fingerprint density at radius 2 is 1.87 bits per heavy atom. The lowest BCUT2D eigenvalue weighted by Crippen LogP contribution is -2.37. The zero-order chi connectivity index (χ0) is 20.8. The summed E-state index contributed by atoms with van der Waals surface area (Å²) in [5.41, 5.74) is 3.91. The molecule has 1 aliphatic rings. The van der Waals surface area contributed by atoms with Crippen LogP contribution in [0.25, 0.3) is 11.3 Å². The summed E-state index contributed by atoms with van der Waals surface area (Å²) in [6.45, 7) is 7.95. The lowest BCUT2D eigenvalue weighted by Gasteiger charge is -2.26. The number of aromatic nitrogens is 1. The molecule has 3 heterocycles. The minimum atomic E-state index is -0.0759. The fourth-order valence-corrected chi connectivity index (χ4v) is 3.96. The molecule has 30 heavy (non-hydrogen) atoms. The molecule has 4 rings (SSSR count). The Labute approximate surface area is 177 Å². The number of rotatable bonds is 8. The number of morpholine rings is 1. The van der Waals surface area contributed by atoms with Crippen molar-refractivity contribution < 1.29 is 13.9 Å². The minimum Gasteiger partial charge on any atom is -0.467 e. The third kappa shape index (κ3) is 4.83. The second kappa shape index (κ2) is 9.78. The minimum absolute atomic E-state index is 0.0759. The summed E-state index contributed by atoms with van der Waals surface area (Å²) in [5, 5.41) is 2.97. The van der Waals surface area contributed by atoms with Crippen LogP contribution in [-0.2, 0) is 17.8 Å². The van der Waals surface area contributed by atoms with Crippen LogP contribution in [0.3, 0.4) is 0 Å². The largest absolute Gasteiger partial charge is 0.467 e. The van der Waals surface area contributed by atoms with E-state index in [2.05, 4.69) is 26.9 Å². The highest BCUT2D eigenvalue weighted by molar-refractivity contribution is 5.96. The van der Waals surface area contributed by atoms with Gasteiger partial charge in [0, 0.05) is 37.6 Å². The van der Waals surface area contributed by atoms with E-state index in [0.29, 0.717) is 12.1 Å². The van der Waals surface area contributed by atoms with E-state index >= 15 is 0 Å². The van der Waals surface area contributed by atoms with Gasteiger partial charge in [-0.2, -0.15) is 0 Å². The standard InChI is InChI=1S/C24H29N3O3/c1-19-22(24(28)25-18-21-9-5-14-30-21)17-23(20-7-3-2-4-8-20)27(19)11-6-10-26-12-15-29-16-13-26/h2-5,7-9,14,17H,6,10-13,15-16,18H2,1H3,(H,25,28). The predicted molar refractivity (Wildman–Crippen MR) is 116 cm³/mol. The monoisotopic (exact) mass is 407 g/mol. The van der Waals surface area contributed by atoms with Gasteiger partial charge in [0.1, 0.15) is 5.76 Å². The lowest BCUT2D eigenvalue weighted by atomic mass is 10.1. The molecule has 3 aromatic rings. The number of carbonyl (C=O) groups excluding carboxylic acids is 1. The van der Waals surface area contributed by atoms with E-state index in [1.165, 1.54) is 0 Å². The van der Waals surface area contributed by atoms with Crippen LogP contribution in [0.2, 0.25) is 0 Å². The van der Waals surface area contributed by atoms with Crippen molar-refractivity contribution in [2.45, 2.75) is 26.4 Å². The molecule has 6 nitrogen and oxygen atoms in total. The lowest BCUT2D eigenvalue weighted by molar-refractivity contribution is 0.0369. The average molecular weight is 408 g/mol. The van der Waals surface area contributed by atoms with E-state index in [4.69, 9.17) is 9.15 Å². The summed E-state index contributed by atoms with van der Waals surface area (Å²) in [5.74, 6) is 0.669. The molecule has 0 radical (unpaired) electrons. The number of carbonyl (C=O) groups is 1. The smallest absolute Gasteiger partial charge is 0.253 e. The van der Waals surface area contributed by atoms with Crippen molar-refractivity contribution >= 4 is 5.91 Å². The highest BCUT2D eigenvalue weighted by atomic mass is 16.5. The summed E-state index contributed by atoms with van der Waals surface area (Å²) < 4.78 is 13.0. The Balaban J connectivity index is 1.51. The first-order chi connectivity index (χ1) is 14.7. The first kappa shape index (κ1) is 20.4. The van der Waals surface area contributed by atoms with Gasteiger partial charge in [0.15, 0.2) is 0 Å². The summed E-state index contributed by atoms with van der Waals surface area (Å²) in [4.78, 5) is 15.3. The number of amides is 1. The second-order valence-electron chi connectivity index (χ2n) is 7.62. The van der Waals surface area contributed by atoms with Crippen molar-refractivity contribution in [3.05, 3.63) is 71.8 Å². The molecule has 1 N–H and O–H groups in total. The van der Waals surface area contributed by atoms with E-state index in [-0.39, 0.29) is 5.91 Å². The molecule has 2 aromatic heterocycles. The maximum absolute atomic E-state index is 12.9. The van der Waals surface area contributed by atoms with Gasteiger partial charge in [-0.3, -0.25) is 9.69 Å². The van der Waals surface area contributed by atoms with Crippen molar-refractivity contribution in [1.82, 2.24) is 14.8 Å². The topological polar surface area (TPSA) is 59.6 Å². The molecule has 1 aromatic carbocycles. The van der Waals surface area contributed by atoms with E-state index < -0.39 is 0 Å². The molecule has 1 aliphatic heterocycles. The van der Waals surface area contributed by atoms with Crippen LogP contribution in [0, 0.1) is 6.92 Å². The third-order valence-electron chi connectivity index (χ3n) is 5.64. The van der Waals surface area contributed by atoms with Gasteiger partial charge in [-0.25, -0.2) is 0 Å². The molecule has 0 unspecified atom stereocenters. The Morgan fingerprint density at radius 3 is 2.60 bits per heavy atom. The molecule has 0 spiro atoms. The number of nitrogens with one attached hydrogen (secondary N) is 1. The Kier molecular flexibility index (Phi) is 6.67. The number of hydrogen-bond acceptors (Lipinski definition) is 4. The van der Waals surface area contributed by atoms with Crippen molar-refractivity contribution in [2.24, 2.45) is 0 Å². The second-order valence-corrected chi connectivity index (χ2v) is 7.62. The summed E-state index contributed by atoms with van der Waals surface area (Å²) in [7, 11) is 0. The molecule has 1 amide bonds. The molecule has 158 valence electrons. The van der Waals surface area contributed by atoms with Gasteiger partial charge in [0.2, 0.25) is 0 Å². The highest BCUT2D eigenvalue weighted by Gasteiger charge is 2.19. The van der Waals surface area contributed by atoms with Gasteiger partial charge in [-0.1, -0.05) is 30.3 Å². The number of furan rings is 1. The van der Waals surface area contributed by atoms with Gasteiger partial charge in [-0.15, -0.1) is 0 Å². The van der Waals surface area contributed by atoms with Gasteiger partial charge in [-0.05, 0) is 37.1 Å². The SMILES string of the molecule is Cc1c(C(=O)NCc2ccco2)cc(-c2ccccc2)n1CCCN1CCOCC1. The van der Waals surface area contributed by atoms with Crippen LogP contribution in [0.1, 0.15) is 28.2 Å². The van der Waals surface area contributed by atoms with Gasteiger partial charge in [0.05, 0.1) is 31.6 Å². The van der Waals surface area contributed by atoms with Gasteiger partial charge >= 0.3 is 0 Å². The van der Waals surface area contributed by atoms with Gasteiger partial charge < -0.3 is 19.0 Å². The van der Waals surface area contributed by atoms with Crippen molar-refractivity contribution in [3.8, 4) is 11.3 Å². The fourth-order valence-electron chi connectivity index (χ4n) is 3.96. The quantitative estimate of drug-likeness (QED) is 0.618. The Morgan fingerprint density at radius 1 is 1.07 bits per heavy atom. The zero-order valence-electron chi connectivity index (χ0n) is 17.5. The van der Waals surface area contributed by atoms with Crippen molar-refractivity contribution in [2.75, 3.05) is 32.8 Å². The molecule has 0 saturated carbocycles. The molecule has 0 aliphatic carbocycles. The van der Waals surface area contributed by atoms with Crippen LogP contribution in [0.5, 0.6) is 0 Å². The summed E-state index contributed by atoms with van der Waals surface area (Å²) in [6, 6.07) is 16.0. The molecule has 6 heteroatoms. The van der Waals surface area contributed by atoms with Crippen molar-refractivity contribution in [3.63, 3.8) is 0 Å². The molecule has 0 bridgehead atoms.